The quantitative estimate of drug-likeness (QED) is 0.869. The van der Waals surface area contributed by atoms with E-state index in [2.05, 4.69) is 25.1 Å². The number of hydrogen-bond donors (Lipinski definition) is 1. The second-order valence-corrected chi connectivity index (χ2v) is 6.31. The van der Waals surface area contributed by atoms with E-state index in [1.165, 1.54) is 11.1 Å². The molecule has 1 N–H and O–H groups in total. The van der Waals surface area contributed by atoms with Gasteiger partial charge in [0, 0.05) is 13.1 Å². The number of carbonyl (C=O) groups is 2. The third kappa shape index (κ3) is 2.43. The zero-order chi connectivity index (χ0) is 15.0. The smallest absolute Gasteiger partial charge is 0.319 e. The first kappa shape index (κ1) is 14.1. The zero-order valence-corrected chi connectivity index (χ0v) is 12.3. The predicted octanol–water partition coefficient (Wildman–Crippen LogP) is 2.57. The molecule has 1 amide bonds. The van der Waals surface area contributed by atoms with Crippen LogP contribution in [0.5, 0.6) is 0 Å². The van der Waals surface area contributed by atoms with Gasteiger partial charge in [0.15, 0.2) is 0 Å². The van der Waals surface area contributed by atoms with Gasteiger partial charge in [-0.3, -0.25) is 9.59 Å². The largest absolute Gasteiger partial charge is 0.480 e. The predicted molar refractivity (Wildman–Crippen MR) is 79.0 cm³/mol. The Balaban J connectivity index is 1.65. The molecule has 0 spiro atoms. The van der Waals surface area contributed by atoms with Crippen molar-refractivity contribution in [1.29, 1.82) is 0 Å². The van der Waals surface area contributed by atoms with Crippen LogP contribution < -0.4 is 0 Å². The maximum atomic E-state index is 12.4. The first-order valence-electron chi connectivity index (χ1n) is 7.63. The fraction of sp³-hybridized carbons (Fsp3) is 0.529. The van der Waals surface area contributed by atoms with Gasteiger partial charge in [0.2, 0.25) is 5.91 Å². The Morgan fingerprint density at radius 1 is 1.19 bits per heavy atom. The van der Waals surface area contributed by atoms with Gasteiger partial charge in [-0.15, -0.1) is 0 Å². The second kappa shape index (κ2) is 5.17. The molecule has 3 rings (SSSR count). The Hall–Kier alpha value is -1.84. The summed E-state index contributed by atoms with van der Waals surface area (Å²) >= 11 is 0. The van der Waals surface area contributed by atoms with Gasteiger partial charge in [-0.05, 0) is 49.7 Å². The summed E-state index contributed by atoms with van der Waals surface area (Å²) in [7, 11) is 0. The second-order valence-electron chi connectivity index (χ2n) is 6.31. The van der Waals surface area contributed by atoms with Gasteiger partial charge in [-0.2, -0.15) is 0 Å². The molecule has 1 saturated heterocycles. The first-order chi connectivity index (χ1) is 10.0. The fourth-order valence-electron chi connectivity index (χ4n) is 3.39. The Labute approximate surface area is 124 Å². The Morgan fingerprint density at radius 3 is 2.33 bits per heavy atom. The Morgan fingerprint density at radius 2 is 1.81 bits per heavy atom. The van der Waals surface area contributed by atoms with Gasteiger partial charge in [-0.25, -0.2) is 0 Å². The molecule has 1 aliphatic heterocycles. The Bertz CT molecular complexity index is 569. The topological polar surface area (TPSA) is 57.6 Å². The molecule has 1 aromatic rings. The minimum absolute atomic E-state index is 0.168. The number of piperidine rings is 1. The van der Waals surface area contributed by atoms with E-state index in [4.69, 9.17) is 0 Å². The van der Waals surface area contributed by atoms with Crippen LogP contribution in [0.1, 0.15) is 42.7 Å². The van der Waals surface area contributed by atoms with E-state index in [9.17, 15) is 14.7 Å². The molecule has 112 valence electrons. The molecule has 4 heteroatoms. The molecule has 0 radical (unpaired) electrons. The summed E-state index contributed by atoms with van der Waals surface area (Å²) in [6, 6.07) is 8.39. The van der Waals surface area contributed by atoms with E-state index in [1.54, 1.807) is 4.90 Å². The van der Waals surface area contributed by atoms with E-state index >= 15 is 0 Å². The molecular weight excluding hydrogens is 266 g/mol. The number of aryl methyl sites for hydroxylation is 1. The van der Waals surface area contributed by atoms with Crippen molar-refractivity contribution in [2.45, 2.75) is 38.5 Å². The average molecular weight is 287 g/mol. The average Bonchev–Trinajstić information content (AvgIpc) is 3.29. The van der Waals surface area contributed by atoms with E-state index in [1.807, 2.05) is 6.07 Å². The molecule has 21 heavy (non-hydrogen) atoms. The fourth-order valence-corrected chi connectivity index (χ4v) is 3.39. The normalized spacial score (nSPS) is 21.1. The number of carboxylic acids is 1. The lowest BCUT2D eigenvalue weighted by atomic mass is 9.86. The van der Waals surface area contributed by atoms with Crippen LogP contribution >= 0.6 is 0 Å². The summed E-state index contributed by atoms with van der Waals surface area (Å²) in [5.41, 5.74) is 1.57. The van der Waals surface area contributed by atoms with E-state index in [0.717, 1.165) is 12.8 Å². The molecule has 0 unspecified atom stereocenters. The number of benzene rings is 1. The molecule has 4 nitrogen and oxygen atoms in total. The van der Waals surface area contributed by atoms with Crippen LogP contribution in [0.3, 0.4) is 0 Å². The van der Waals surface area contributed by atoms with Crippen molar-refractivity contribution in [3.8, 4) is 0 Å². The number of amides is 1. The lowest BCUT2D eigenvalue weighted by Crippen LogP contribution is -2.44. The van der Waals surface area contributed by atoms with E-state index < -0.39 is 11.4 Å². The number of carboxylic acid groups (broad SMARTS) is 1. The molecule has 2 aliphatic rings. The number of nitrogens with zero attached hydrogens (tertiary/aromatic N) is 1. The van der Waals surface area contributed by atoms with Gasteiger partial charge in [-0.1, -0.05) is 24.3 Å². The molecule has 0 atom stereocenters. The van der Waals surface area contributed by atoms with Gasteiger partial charge in [0.1, 0.15) is 5.41 Å². The van der Waals surface area contributed by atoms with Gasteiger partial charge >= 0.3 is 5.97 Å². The first-order valence-corrected chi connectivity index (χ1v) is 7.63. The summed E-state index contributed by atoms with van der Waals surface area (Å²) in [6.45, 7) is 3.47. The minimum atomic E-state index is -1.09. The van der Waals surface area contributed by atoms with Crippen LogP contribution in [0.2, 0.25) is 0 Å². The van der Waals surface area contributed by atoms with Gasteiger partial charge < -0.3 is 10.0 Å². The molecular formula is C17H21NO3. The van der Waals surface area contributed by atoms with Crippen molar-refractivity contribution < 1.29 is 14.7 Å². The van der Waals surface area contributed by atoms with E-state index in [0.29, 0.717) is 31.8 Å². The standard InChI is InChI=1S/C17H21NO3/c1-12-4-2-3-5-14(12)13-6-10-18(11-7-13)15(19)17(8-9-17)16(20)21/h2-5,13H,6-11H2,1H3,(H,20,21). The number of rotatable bonds is 3. The summed E-state index contributed by atoms with van der Waals surface area (Å²) in [5, 5.41) is 9.22. The van der Waals surface area contributed by atoms with Crippen molar-refractivity contribution in [2.75, 3.05) is 13.1 Å². The molecule has 1 aliphatic carbocycles. The summed E-state index contributed by atoms with van der Waals surface area (Å²) in [5.74, 6) is -0.637. The molecule has 0 bridgehead atoms. The van der Waals surface area contributed by atoms with Crippen LogP contribution in [0.4, 0.5) is 0 Å². The SMILES string of the molecule is Cc1ccccc1C1CCN(C(=O)C2(C(=O)O)CC2)CC1. The van der Waals surface area contributed by atoms with Gasteiger partial charge in [0.05, 0.1) is 0 Å². The highest BCUT2D eigenvalue weighted by molar-refractivity contribution is 6.04. The maximum Gasteiger partial charge on any atom is 0.319 e. The maximum absolute atomic E-state index is 12.4. The minimum Gasteiger partial charge on any atom is -0.480 e. The molecule has 1 aromatic carbocycles. The van der Waals surface area contributed by atoms with Crippen LogP contribution in [-0.4, -0.2) is 35.0 Å². The van der Waals surface area contributed by atoms with Crippen LogP contribution in [0.25, 0.3) is 0 Å². The number of likely N-dealkylation sites (tertiary alicyclic amines) is 1. The van der Waals surface area contributed by atoms with Crippen molar-refractivity contribution in [3.05, 3.63) is 35.4 Å². The van der Waals surface area contributed by atoms with Crippen LogP contribution in [0.15, 0.2) is 24.3 Å². The van der Waals surface area contributed by atoms with Crippen molar-refractivity contribution in [1.82, 2.24) is 4.90 Å². The summed E-state index contributed by atoms with van der Waals surface area (Å²) in [4.78, 5) is 25.4. The van der Waals surface area contributed by atoms with Crippen molar-refractivity contribution in [2.24, 2.45) is 5.41 Å². The summed E-state index contributed by atoms with van der Waals surface area (Å²) in [6.07, 6.45) is 2.84. The number of carbonyl (C=O) groups excluding carboxylic acids is 1. The third-order valence-corrected chi connectivity index (χ3v) is 4.98. The third-order valence-electron chi connectivity index (χ3n) is 4.98. The van der Waals surface area contributed by atoms with Crippen LogP contribution in [-0.2, 0) is 9.59 Å². The highest BCUT2D eigenvalue weighted by Gasteiger charge is 2.58. The monoisotopic (exact) mass is 287 g/mol. The van der Waals surface area contributed by atoms with Crippen LogP contribution in [0, 0.1) is 12.3 Å². The zero-order valence-electron chi connectivity index (χ0n) is 12.3. The molecule has 1 saturated carbocycles. The number of hydrogen-bond acceptors (Lipinski definition) is 2. The highest BCUT2D eigenvalue weighted by atomic mass is 16.4. The molecule has 2 fully saturated rings. The molecule has 1 heterocycles. The lowest BCUT2D eigenvalue weighted by Gasteiger charge is -2.34. The lowest BCUT2D eigenvalue weighted by molar-refractivity contribution is -0.153. The Kier molecular flexibility index (Phi) is 3.47. The van der Waals surface area contributed by atoms with Crippen molar-refractivity contribution >= 4 is 11.9 Å². The highest BCUT2D eigenvalue weighted by Crippen LogP contribution is 2.48. The molecule has 0 aromatic heterocycles. The van der Waals surface area contributed by atoms with E-state index in [-0.39, 0.29) is 5.91 Å². The summed E-state index contributed by atoms with van der Waals surface area (Å²) < 4.78 is 0. The number of aliphatic carboxylic acids is 1. The van der Waals surface area contributed by atoms with Crippen molar-refractivity contribution in [3.63, 3.8) is 0 Å². The van der Waals surface area contributed by atoms with Gasteiger partial charge in [0.25, 0.3) is 0 Å².